The number of nitrogens with one attached hydrogen (secondary N) is 1. The molecule has 7 heteroatoms. The SMILES string of the molecule is CNC(=O)[C@@H]1CCCN1C(=O)[C@H]1CCCN1C(=O)OC(C)(C)C. The fraction of sp³-hybridized carbons (Fsp3) is 0.812. The standard InChI is InChI=1S/C16H27N3O4/c1-16(2,3)23-15(22)19-10-6-8-12(19)14(21)18-9-5-7-11(18)13(20)17-4/h11-12H,5-10H2,1-4H3,(H,17,20)/t11-,12+/m0/s1. The smallest absolute Gasteiger partial charge is 0.410 e. The molecule has 2 heterocycles. The van der Waals surface area contributed by atoms with E-state index >= 15 is 0 Å². The fourth-order valence-electron chi connectivity index (χ4n) is 3.22. The van der Waals surface area contributed by atoms with Crippen molar-refractivity contribution in [2.24, 2.45) is 0 Å². The molecule has 2 aliphatic heterocycles. The van der Waals surface area contributed by atoms with Crippen molar-refractivity contribution in [1.82, 2.24) is 15.1 Å². The summed E-state index contributed by atoms with van der Waals surface area (Å²) >= 11 is 0. The van der Waals surface area contributed by atoms with Gasteiger partial charge in [0, 0.05) is 20.1 Å². The Morgan fingerprint density at radius 1 is 1.00 bits per heavy atom. The number of rotatable bonds is 2. The number of hydrogen-bond acceptors (Lipinski definition) is 4. The zero-order chi connectivity index (χ0) is 17.2. The highest BCUT2D eigenvalue weighted by Gasteiger charge is 2.42. The van der Waals surface area contributed by atoms with Crippen LogP contribution in [0.3, 0.4) is 0 Å². The average molecular weight is 325 g/mol. The second kappa shape index (κ2) is 6.76. The van der Waals surface area contributed by atoms with Crippen LogP contribution in [0.2, 0.25) is 0 Å². The molecule has 23 heavy (non-hydrogen) atoms. The zero-order valence-corrected chi connectivity index (χ0v) is 14.4. The Labute approximate surface area is 137 Å². The lowest BCUT2D eigenvalue weighted by molar-refractivity contribution is -0.141. The van der Waals surface area contributed by atoms with Crippen molar-refractivity contribution >= 4 is 17.9 Å². The van der Waals surface area contributed by atoms with Crippen molar-refractivity contribution < 1.29 is 19.1 Å². The Hall–Kier alpha value is -1.79. The third kappa shape index (κ3) is 3.95. The molecule has 1 N–H and O–H groups in total. The summed E-state index contributed by atoms with van der Waals surface area (Å²) in [6, 6.07) is -0.941. The predicted octanol–water partition coefficient (Wildman–Crippen LogP) is 1.12. The van der Waals surface area contributed by atoms with Gasteiger partial charge in [-0.1, -0.05) is 0 Å². The minimum atomic E-state index is -0.592. The summed E-state index contributed by atoms with van der Waals surface area (Å²) in [5, 5.41) is 2.61. The van der Waals surface area contributed by atoms with Gasteiger partial charge >= 0.3 is 6.09 Å². The largest absolute Gasteiger partial charge is 0.444 e. The summed E-state index contributed by atoms with van der Waals surface area (Å²) < 4.78 is 5.40. The van der Waals surface area contributed by atoms with Crippen molar-refractivity contribution in [1.29, 1.82) is 0 Å². The maximum absolute atomic E-state index is 12.9. The van der Waals surface area contributed by atoms with Gasteiger partial charge in [-0.2, -0.15) is 0 Å². The molecule has 0 aromatic carbocycles. The molecule has 0 aromatic heterocycles. The molecule has 0 aliphatic carbocycles. The van der Waals surface area contributed by atoms with E-state index in [1.54, 1.807) is 32.7 Å². The number of likely N-dealkylation sites (N-methyl/N-ethyl adjacent to an activating group) is 1. The van der Waals surface area contributed by atoms with Crippen LogP contribution in [-0.2, 0) is 14.3 Å². The van der Waals surface area contributed by atoms with Crippen LogP contribution in [-0.4, -0.2) is 65.5 Å². The first-order valence-electron chi connectivity index (χ1n) is 8.26. The topological polar surface area (TPSA) is 79.0 Å². The number of hydrogen-bond donors (Lipinski definition) is 1. The predicted molar refractivity (Wildman–Crippen MR) is 84.8 cm³/mol. The van der Waals surface area contributed by atoms with E-state index in [0.29, 0.717) is 25.9 Å². The van der Waals surface area contributed by atoms with Crippen LogP contribution >= 0.6 is 0 Å². The normalized spacial score (nSPS) is 24.7. The van der Waals surface area contributed by atoms with Crippen LogP contribution < -0.4 is 5.32 Å². The van der Waals surface area contributed by atoms with E-state index in [-0.39, 0.29) is 11.8 Å². The van der Waals surface area contributed by atoms with E-state index in [0.717, 1.165) is 12.8 Å². The molecule has 0 bridgehead atoms. The van der Waals surface area contributed by atoms with E-state index in [9.17, 15) is 14.4 Å². The third-order valence-corrected chi connectivity index (χ3v) is 4.25. The molecule has 0 radical (unpaired) electrons. The van der Waals surface area contributed by atoms with Gasteiger partial charge in [0.25, 0.3) is 0 Å². The quantitative estimate of drug-likeness (QED) is 0.825. The summed E-state index contributed by atoms with van der Waals surface area (Å²) in [6.07, 6.45) is 2.42. The summed E-state index contributed by atoms with van der Waals surface area (Å²) in [6.45, 7) is 6.50. The van der Waals surface area contributed by atoms with Gasteiger partial charge < -0.3 is 15.0 Å². The van der Waals surface area contributed by atoms with Crippen molar-refractivity contribution in [3.05, 3.63) is 0 Å². The van der Waals surface area contributed by atoms with Crippen LogP contribution in [0.1, 0.15) is 46.5 Å². The Balaban J connectivity index is 2.08. The van der Waals surface area contributed by atoms with E-state index in [2.05, 4.69) is 5.32 Å². The summed E-state index contributed by atoms with van der Waals surface area (Å²) in [5.74, 6) is -0.280. The fourth-order valence-corrected chi connectivity index (χ4v) is 3.22. The minimum absolute atomic E-state index is 0.139. The van der Waals surface area contributed by atoms with E-state index in [1.165, 1.54) is 4.90 Å². The monoisotopic (exact) mass is 325 g/mol. The second-order valence-electron chi connectivity index (χ2n) is 7.14. The van der Waals surface area contributed by atoms with Gasteiger partial charge in [0.15, 0.2) is 0 Å². The second-order valence-corrected chi connectivity index (χ2v) is 7.14. The molecule has 2 fully saturated rings. The highest BCUT2D eigenvalue weighted by Crippen LogP contribution is 2.26. The van der Waals surface area contributed by atoms with Crippen LogP contribution in [0.15, 0.2) is 0 Å². The number of carbonyl (C=O) groups excluding carboxylic acids is 3. The van der Waals surface area contributed by atoms with Crippen molar-refractivity contribution in [2.45, 2.75) is 64.1 Å². The number of likely N-dealkylation sites (tertiary alicyclic amines) is 2. The first-order chi connectivity index (χ1) is 10.7. The third-order valence-electron chi connectivity index (χ3n) is 4.25. The molecule has 2 rings (SSSR count). The van der Waals surface area contributed by atoms with Crippen molar-refractivity contribution in [3.8, 4) is 0 Å². The molecular weight excluding hydrogens is 298 g/mol. The Bertz CT molecular complexity index is 486. The van der Waals surface area contributed by atoms with Crippen LogP contribution in [0.4, 0.5) is 4.79 Å². The van der Waals surface area contributed by atoms with Gasteiger partial charge in [-0.25, -0.2) is 4.79 Å². The Morgan fingerprint density at radius 3 is 2.13 bits per heavy atom. The maximum Gasteiger partial charge on any atom is 0.410 e. The lowest BCUT2D eigenvalue weighted by atomic mass is 10.1. The van der Waals surface area contributed by atoms with Gasteiger partial charge in [0.1, 0.15) is 17.7 Å². The van der Waals surface area contributed by atoms with E-state index in [1.807, 2.05) is 0 Å². The summed E-state index contributed by atoms with van der Waals surface area (Å²) in [5.41, 5.74) is -0.592. The number of amides is 3. The Morgan fingerprint density at radius 2 is 1.57 bits per heavy atom. The Kier molecular flexibility index (Phi) is 5.16. The molecule has 7 nitrogen and oxygen atoms in total. The summed E-state index contributed by atoms with van der Waals surface area (Å²) in [7, 11) is 1.58. The molecule has 0 unspecified atom stereocenters. The number of ether oxygens (including phenoxy) is 1. The van der Waals surface area contributed by atoms with Crippen LogP contribution in [0, 0.1) is 0 Å². The molecule has 2 saturated heterocycles. The number of carbonyl (C=O) groups is 3. The number of nitrogens with zero attached hydrogens (tertiary/aromatic N) is 2. The van der Waals surface area contributed by atoms with Gasteiger partial charge in [0.2, 0.25) is 11.8 Å². The van der Waals surface area contributed by atoms with Gasteiger partial charge in [-0.05, 0) is 46.5 Å². The minimum Gasteiger partial charge on any atom is -0.444 e. The molecule has 0 spiro atoms. The average Bonchev–Trinajstić information content (AvgIpc) is 3.12. The molecule has 130 valence electrons. The lowest BCUT2D eigenvalue weighted by Crippen LogP contribution is -2.53. The molecular formula is C16H27N3O4. The highest BCUT2D eigenvalue weighted by atomic mass is 16.6. The first-order valence-corrected chi connectivity index (χ1v) is 8.26. The molecule has 0 aromatic rings. The molecule has 2 atom stereocenters. The highest BCUT2D eigenvalue weighted by molar-refractivity contribution is 5.92. The van der Waals surface area contributed by atoms with E-state index in [4.69, 9.17) is 4.74 Å². The van der Waals surface area contributed by atoms with Crippen LogP contribution in [0.25, 0.3) is 0 Å². The van der Waals surface area contributed by atoms with Crippen molar-refractivity contribution in [3.63, 3.8) is 0 Å². The van der Waals surface area contributed by atoms with Gasteiger partial charge in [-0.15, -0.1) is 0 Å². The van der Waals surface area contributed by atoms with Gasteiger partial charge in [0.05, 0.1) is 0 Å². The molecule has 3 amide bonds. The lowest BCUT2D eigenvalue weighted by Gasteiger charge is -2.32. The first kappa shape index (κ1) is 17.6. The zero-order valence-electron chi connectivity index (χ0n) is 14.4. The van der Waals surface area contributed by atoms with Gasteiger partial charge in [-0.3, -0.25) is 14.5 Å². The van der Waals surface area contributed by atoms with E-state index < -0.39 is 23.8 Å². The van der Waals surface area contributed by atoms with Crippen LogP contribution in [0.5, 0.6) is 0 Å². The molecule has 0 saturated carbocycles. The molecule has 2 aliphatic rings. The summed E-state index contributed by atoms with van der Waals surface area (Å²) in [4.78, 5) is 40.2. The maximum atomic E-state index is 12.9. The van der Waals surface area contributed by atoms with Crippen molar-refractivity contribution in [2.75, 3.05) is 20.1 Å².